The molecule has 1 fully saturated rings. The SMILES string of the molecule is CCOC(=O)C1CCCN(C(=O)c2nc(-c3ccccc3)n(-c3ccccc3)n2)C1. The molecule has 0 spiro atoms. The molecule has 0 N–H and O–H groups in total. The topological polar surface area (TPSA) is 77.3 Å². The Morgan fingerprint density at radius 1 is 1.07 bits per heavy atom. The van der Waals surface area contributed by atoms with Crippen LogP contribution in [0.1, 0.15) is 30.4 Å². The standard InChI is InChI=1S/C23H24N4O3/c1-2-30-23(29)18-12-9-15-26(16-18)22(28)20-24-21(17-10-5-3-6-11-17)27(25-20)19-13-7-4-8-14-19/h3-8,10-11,13-14,18H,2,9,12,15-16H2,1H3. The third-order valence-corrected chi connectivity index (χ3v) is 5.16. The van der Waals surface area contributed by atoms with Crippen molar-refractivity contribution in [1.29, 1.82) is 0 Å². The molecule has 4 rings (SSSR count). The van der Waals surface area contributed by atoms with Gasteiger partial charge in [-0.3, -0.25) is 9.59 Å². The molecule has 2 heterocycles. The number of rotatable bonds is 5. The number of esters is 1. The van der Waals surface area contributed by atoms with Crippen LogP contribution in [0, 0.1) is 5.92 Å². The molecule has 7 heteroatoms. The first-order valence-corrected chi connectivity index (χ1v) is 10.2. The summed E-state index contributed by atoms with van der Waals surface area (Å²) >= 11 is 0. The van der Waals surface area contributed by atoms with Crippen molar-refractivity contribution in [2.45, 2.75) is 19.8 Å². The molecule has 30 heavy (non-hydrogen) atoms. The summed E-state index contributed by atoms with van der Waals surface area (Å²) in [7, 11) is 0. The summed E-state index contributed by atoms with van der Waals surface area (Å²) in [6.45, 7) is 3.04. The van der Waals surface area contributed by atoms with Gasteiger partial charge in [-0.05, 0) is 31.9 Å². The van der Waals surface area contributed by atoms with Gasteiger partial charge in [0.1, 0.15) is 0 Å². The average molecular weight is 404 g/mol. The van der Waals surface area contributed by atoms with Gasteiger partial charge in [-0.2, -0.15) is 0 Å². The van der Waals surface area contributed by atoms with Gasteiger partial charge in [0, 0.05) is 18.7 Å². The summed E-state index contributed by atoms with van der Waals surface area (Å²) in [6, 6.07) is 19.3. The number of benzene rings is 2. The predicted molar refractivity (Wildman–Crippen MR) is 112 cm³/mol. The number of likely N-dealkylation sites (tertiary alicyclic amines) is 1. The van der Waals surface area contributed by atoms with E-state index in [9.17, 15) is 9.59 Å². The van der Waals surface area contributed by atoms with Crippen LogP contribution in [0.5, 0.6) is 0 Å². The number of para-hydroxylation sites is 1. The number of amides is 1. The zero-order valence-corrected chi connectivity index (χ0v) is 16.9. The van der Waals surface area contributed by atoms with Gasteiger partial charge in [-0.15, -0.1) is 5.10 Å². The fraction of sp³-hybridized carbons (Fsp3) is 0.304. The Morgan fingerprint density at radius 2 is 1.77 bits per heavy atom. The van der Waals surface area contributed by atoms with Gasteiger partial charge < -0.3 is 9.64 Å². The molecular weight excluding hydrogens is 380 g/mol. The molecule has 3 aromatic rings. The highest BCUT2D eigenvalue weighted by Crippen LogP contribution is 2.23. The lowest BCUT2D eigenvalue weighted by molar-refractivity contribution is -0.149. The van der Waals surface area contributed by atoms with Crippen LogP contribution in [0.4, 0.5) is 0 Å². The number of carbonyl (C=O) groups is 2. The van der Waals surface area contributed by atoms with Crippen molar-refractivity contribution in [3.8, 4) is 17.1 Å². The molecule has 0 bridgehead atoms. The molecule has 1 aliphatic heterocycles. The smallest absolute Gasteiger partial charge is 0.310 e. The van der Waals surface area contributed by atoms with Crippen LogP contribution < -0.4 is 0 Å². The number of carbonyl (C=O) groups excluding carboxylic acids is 2. The third kappa shape index (κ3) is 4.10. The fourth-order valence-electron chi connectivity index (χ4n) is 3.68. The van der Waals surface area contributed by atoms with Crippen molar-refractivity contribution < 1.29 is 14.3 Å². The molecule has 1 aliphatic rings. The van der Waals surface area contributed by atoms with Crippen LogP contribution in [-0.4, -0.2) is 51.2 Å². The Labute approximate surface area is 175 Å². The van der Waals surface area contributed by atoms with Gasteiger partial charge in [-0.1, -0.05) is 48.5 Å². The molecule has 7 nitrogen and oxygen atoms in total. The summed E-state index contributed by atoms with van der Waals surface area (Å²) in [6.07, 6.45) is 1.48. The lowest BCUT2D eigenvalue weighted by Gasteiger charge is -2.30. The van der Waals surface area contributed by atoms with E-state index >= 15 is 0 Å². The molecule has 1 unspecified atom stereocenters. The molecule has 2 aromatic carbocycles. The molecule has 1 aromatic heterocycles. The Morgan fingerprint density at radius 3 is 2.47 bits per heavy atom. The van der Waals surface area contributed by atoms with Gasteiger partial charge in [0.15, 0.2) is 5.82 Å². The van der Waals surface area contributed by atoms with Gasteiger partial charge in [0.2, 0.25) is 5.82 Å². The van der Waals surface area contributed by atoms with Crippen LogP contribution in [0.2, 0.25) is 0 Å². The second-order valence-corrected chi connectivity index (χ2v) is 7.21. The lowest BCUT2D eigenvalue weighted by Crippen LogP contribution is -2.43. The average Bonchev–Trinajstić information content (AvgIpc) is 3.25. The van der Waals surface area contributed by atoms with Crippen molar-refractivity contribution in [3.05, 3.63) is 66.5 Å². The normalized spacial score (nSPS) is 16.3. The van der Waals surface area contributed by atoms with E-state index in [2.05, 4.69) is 10.1 Å². The van der Waals surface area contributed by atoms with Crippen molar-refractivity contribution in [2.75, 3.05) is 19.7 Å². The van der Waals surface area contributed by atoms with E-state index in [0.717, 1.165) is 24.1 Å². The summed E-state index contributed by atoms with van der Waals surface area (Å²) in [5, 5.41) is 4.54. The summed E-state index contributed by atoms with van der Waals surface area (Å²) in [5.41, 5.74) is 1.70. The second kappa shape index (κ2) is 8.90. The first kappa shape index (κ1) is 19.8. The number of piperidine rings is 1. The summed E-state index contributed by atoms with van der Waals surface area (Å²) < 4.78 is 6.83. The monoisotopic (exact) mass is 404 g/mol. The highest BCUT2D eigenvalue weighted by molar-refractivity contribution is 5.91. The number of nitrogens with zero attached hydrogens (tertiary/aromatic N) is 4. The minimum atomic E-state index is -0.299. The molecule has 154 valence electrons. The highest BCUT2D eigenvalue weighted by Gasteiger charge is 2.32. The largest absolute Gasteiger partial charge is 0.466 e. The van der Waals surface area contributed by atoms with E-state index in [-0.39, 0.29) is 23.6 Å². The molecule has 0 radical (unpaired) electrons. The van der Waals surface area contributed by atoms with E-state index in [1.807, 2.05) is 60.7 Å². The van der Waals surface area contributed by atoms with E-state index in [0.29, 0.717) is 25.5 Å². The predicted octanol–water partition coefficient (Wildman–Crippen LogP) is 3.35. The highest BCUT2D eigenvalue weighted by atomic mass is 16.5. The van der Waals surface area contributed by atoms with Crippen molar-refractivity contribution >= 4 is 11.9 Å². The van der Waals surface area contributed by atoms with Gasteiger partial charge in [0.05, 0.1) is 18.2 Å². The number of hydrogen-bond acceptors (Lipinski definition) is 5. The van der Waals surface area contributed by atoms with Crippen molar-refractivity contribution in [1.82, 2.24) is 19.7 Å². The van der Waals surface area contributed by atoms with E-state index in [1.54, 1.807) is 16.5 Å². The number of ether oxygens (including phenoxy) is 1. The molecule has 0 aliphatic carbocycles. The Balaban J connectivity index is 1.65. The fourth-order valence-corrected chi connectivity index (χ4v) is 3.68. The second-order valence-electron chi connectivity index (χ2n) is 7.21. The van der Waals surface area contributed by atoms with Crippen LogP contribution in [-0.2, 0) is 9.53 Å². The van der Waals surface area contributed by atoms with Crippen LogP contribution >= 0.6 is 0 Å². The quantitative estimate of drug-likeness (QED) is 0.610. The maximum atomic E-state index is 13.2. The first-order chi connectivity index (χ1) is 14.7. The molecule has 1 saturated heterocycles. The van der Waals surface area contributed by atoms with Gasteiger partial charge >= 0.3 is 5.97 Å². The molecule has 1 amide bonds. The number of hydrogen-bond donors (Lipinski definition) is 0. The van der Waals surface area contributed by atoms with E-state index in [4.69, 9.17) is 4.74 Å². The molecular formula is C23H24N4O3. The van der Waals surface area contributed by atoms with E-state index in [1.165, 1.54) is 0 Å². The van der Waals surface area contributed by atoms with Crippen molar-refractivity contribution in [2.24, 2.45) is 5.92 Å². The third-order valence-electron chi connectivity index (χ3n) is 5.16. The first-order valence-electron chi connectivity index (χ1n) is 10.2. The molecule has 0 saturated carbocycles. The summed E-state index contributed by atoms with van der Waals surface area (Å²) in [5.74, 6) is -0.0858. The maximum Gasteiger partial charge on any atom is 0.310 e. The minimum Gasteiger partial charge on any atom is -0.466 e. The van der Waals surface area contributed by atoms with Gasteiger partial charge in [-0.25, -0.2) is 9.67 Å². The lowest BCUT2D eigenvalue weighted by atomic mass is 9.98. The maximum absolute atomic E-state index is 13.2. The number of aromatic nitrogens is 3. The zero-order chi connectivity index (χ0) is 20.9. The van der Waals surface area contributed by atoms with Crippen molar-refractivity contribution in [3.63, 3.8) is 0 Å². The molecule has 1 atom stereocenters. The summed E-state index contributed by atoms with van der Waals surface area (Å²) in [4.78, 5) is 31.6. The van der Waals surface area contributed by atoms with Gasteiger partial charge in [0.25, 0.3) is 5.91 Å². The minimum absolute atomic E-state index is 0.127. The Hall–Kier alpha value is -3.48. The zero-order valence-electron chi connectivity index (χ0n) is 16.9. The van der Waals surface area contributed by atoms with Crippen LogP contribution in [0.3, 0.4) is 0 Å². The van der Waals surface area contributed by atoms with Crippen LogP contribution in [0.25, 0.3) is 17.1 Å². The Bertz CT molecular complexity index is 960. The Kier molecular flexibility index (Phi) is 5.88. The van der Waals surface area contributed by atoms with Crippen LogP contribution in [0.15, 0.2) is 60.7 Å². The van der Waals surface area contributed by atoms with E-state index < -0.39 is 0 Å².